The maximum absolute atomic E-state index is 4.48. The molecule has 1 aromatic rings. The third-order valence-corrected chi connectivity index (χ3v) is 6.09. The summed E-state index contributed by atoms with van der Waals surface area (Å²) in [5.74, 6) is 2.04. The molecule has 5 heteroatoms. The second-order valence-electron chi connectivity index (χ2n) is 6.33. The van der Waals surface area contributed by atoms with Gasteiger partial charge in [-0.25, -0.2) is 0 Å². The van der Waals surface area contributed by atoms with Crippen LogP contribution in [0, 0.1) is 5.92 Å². The van der Waals surface area contributed by atoms with Gasteiger partial charge in [0, 0.05) is 24.3 Å². The Morgan fingerprint density at radius 3 is 2.95 bits per heavy atom. The van der Waals surface area contributed by atoms with E-state index in [1.54, 1.807) is 0 Å². The number of fused-ring (bicyclic) bond motifs is 1. The van der Waals surface area contributed by atoms with Crippen molar-refractivity contribution in [1.82, 2.24) is 20.1 Å². The largest absolute Gasteiger partial charge is 0.316 e. The monoisotopic (exact) mass is 294 g/mol. The SMILES string of the molecule is CNC1CCC(C)CC1Sc1nnc2n1CCCCC2. The van der Waals surface area contributed by atoms with E-state index in [9.17, 15) is 0 Å². The normalized spacial score (nSPS) is 30.8. The number of aryl methyl sites for hydroxylation is 1. The van der Waals surface area contributed by atoms with Crippen LogP contribution in [0.3, 0.4) is 0 Å². The summed E-state index contributed by atoms with van der Waals surface area (Å²) >= 11 is 1.96. The molecular weight excluding hydrogens is 268 g/mol. The van der Waals surface area contributed by atoms with Gasteiger partial charge in [-0.1, -0.05) is 25.1 Å². The number of thioether (sulfide) groups is 1. The van der Waals surface area contributed by atoms with E-state index in [0.717, 1.165) is 24.0 Å². The number of hydrogen-bond acceptors (Lipinski definition) is 4. The van der Waals surface area contributed by atoms with Crippen molar-refractivity contribution in [2.24, 2.45) is 5.92 Å². The second kappa shape index (κ2) is 6.48. The minimum Gasteiger partial charge on any atom is -0.316 e. The summed E-state index contributed by atoms with van der Waals surface area (Å²) < 4.78 is 2.38. The fourth-order valence-electron chi connectivity index (χ4n) is 3.47. The van der Waals surface area contributed by atoms with Gasteiger partial charge in [0.2, 0.25) is 0 Å². The van der Waals surface area contributed by atoms with Crippen LogP contribution in [0.4, 0.5) is 0 Å². The second-order valence-corrected chi connectivity index (χ2v) is 7.54. The molecule has 2 heterocycles. The molecule has 2 aliphatic rings. The third kappa shape index (κ3) is 3.03. The molecule has 1 N–H and O–H groups in total. The molecule has 3 unspecified atom stereocenters. The highest BCUT2D eigenvalue weighted by molar-refractivity contribution is 7.99. The maximum atomic E-state index is 4.48. The van der Waals surface area contributed by atoms with Crippen LogP contribution in [0.15, 0.2) is 5.16 Å². The summed E-state index contributed by atoms with van der Waals surface area (Å²) in [7, 11) is 2.10. The first-order valence-corrected chi connectivity index (χ1v) is 8.92. The van der Waals surface area contributed by atoms with Crippen LogP contribution in [-0.2, 0) is 13.0 Å². The van der Waals surface area contributed by atoms with Crippen LogP contribution in [0.1, 0.15) is 51.3 Å². The number of nitrogens with zero attached hydrogens (tertiary/aromatic N) is 3. The summed E-state index contributed by atoms with van der Waals surface area (Å²) in [5, 5.41) is 14.2. The van der Waals surface area contributed by atoms with Crippen LogP contribution in [0.25, 0.3) is 0 Å². The Balaban J connectivity index is 1.74. The lowest BCUT2D eigenvalue weighted by atomic mass is 9.87. The molecule has 0 bridgehead atoms. The number of rotatable bonds is 3. The average molecular weight is 294 g/mol. The molecule has 112 valence electrons. The Bertz CT molecular complexity index is 445. The number of hydrogen-bond donors (Lipinski definition) is 1. The van der Waals surface area contributed by atoms with Crippen LogP contribution in [0.2, 0.25) is 0 Å². The van der Waals surface area contributed by atoms with E-state index < -0.39 is 0 Å². The lowest BCUT2D eigenvalue weighted by Crippen LogP contribution is -2.40. The Hall–Kier alpha value is -0.550. The summed E-state index contributed by atoms with van der Waals surface area (Å²) in [4.78, 5) is 0. The van der Waals surface area contributed by atoms with Crippen molar-refractivity contribution in [2.45, 2.75) is 74.9 Å². The molecule has 20 heavy (non-hydrogen) atoms. The van der Waals surface area contributed by atoms with Crippen LogP contribution < -0.4 is 5.32 Å². The first-order valence-electron chi connectivity index (χ1n) is 8.04. The molecule has 0 spiro atoms. The van der Waals surface area contributed by atoms with Gasteiger partial charge >= 0.3 is 0 Å². The van der Waals surface area contributed by atoms with E-state index in [1.165, 1.54) is 44.3 Å². The molecule has 0 saturated heterocycles. The van der Waals surface area contributed by atoms with Gasteiger partial charge in [-0.3, -0.25) is 0 Å². The van der Waals surface area contributed by atoms with Crippen LogP contribution >= 0.6 is 11.8 Å². The zero-order valence-electron chi connectivity index (χ0n) is 12.6. The van der Waals surface area contributed by atoms with Crippen molar-refractivity contribution in [3.63, 3.8) is 0 Å². The molecular formula is C15H26N4S. The molecule has 3 atom stereocenters. The van der Waals surface area contributed by atoms with E-state index in [4.69, 9.17) is 0 Å². The van der Waals surface area contributed by atoms with Crippen LogP contribution in [0.5, 0.6) is 0 Å². The molecule has 0 aromatic carbocycles. The molecule has 4 nitrogen and oxygen atoms in total. The lowest BCUT2D eigenvalue weighted by molar-refractivity contribution is 0.328. The molecule has 1 aromatic heterocycles. The van der Waals surface area contributed by atoms with Crippen molar-refractivity contribution in [3.05, 3.63) is 5.82 Å². The summed E-state index contributed by atoms with van der Waals surface area (Å²) in [6.45, 7) is 3.49. The highest BCUT2D eigenvalue weighted by atomic mass is 32.2. The summed E-state index contributed by atoms with van der Waals surface area (Å²) in [5.41, 5.74) is 0. The highest BCUT2D eigenvalue weighted by Crippen LogP contribution is 2.36. The Morgan fingerprint density at radius 2 is 2.10 bits per heavy atom. The van der Waals surface area contributed by atoms with Crippen LogP contribution in [-0.4, -0.2) is 33.1 Å². The summed E-state index contributed by atoms with van der Waals surface area (Å²) in [6, 6.07) is 0.620. The zero-order chi connectivity index (χ0) is 13.9. The summed E-state index contributed by atoms with van der Waals surface area (Å²) in [6.07, 6.45) is 8.89. The van der Waals surface area contributed by atoms with E-state index in [0.29, 0.717) is 11.3 Å². The first-order chi connectivity index (χ1) is 9.78. The van der Waals surface area contributed by atoms with Gasteiger partial charge in [0.15, 0.2) is 5.16 Å². The van der Waals surface area contributed by atoms with Crippen molar-refractivity contribution in [1.29, 1.82) is 0 Å². The Morgan fingerprint density at radius 1 is 1.20 bits per heavy atom. The minimum atomic E-state index is 0.620. The number of aromatic nitrogens is 3. The van der Waals surface area contributed by atoms with Crippen molar-refractivity contribution in [3.8, 4) is 0 Å². The van der Waals surface area contributed by atoms with Gasteiger partial charge in [0.25, 0.3) is 0 Å². The molecule has 0 radical (unpaired) electrons. The zero-order valence-corrected chi connectivity index (χ0v) is 13.5. The van der Waals surface area contributed by atoms with E-state index in [-0.39, 0.29) is 0 Å². The fraction of sp³-hybridized carbons (Fsp3) is 0.867. The van der Waals surface area contributed by atoms with E-state index >= 15 is 0 Å². The standard InChI is InChI=1S/C15H26N4S/c1-11-7-8-12(16-2)13(10-11)20-15-18-17-14-6-4-3-5-9-19(14)15/h11-13,16H,3-10H2,1-2H3. The molecule has 1 aliphatic carbocycles. The van der Waals surface area contributed by atoms with Crippen molar-refractivity contribution < 1.29 is 0 Å². The van der Waals surface area contributed by atoms with E-state index in [2.05, 4.69) is 34.1 Å². The smallest absolute Gasteiger partial charge is 0.191 e. The molecule has 1 fully saturated rings. The lowest BCUT2D eigenvalue weighted by Gasteiger charge is -2.33. The van der Waals surface area contributed by atoms with Crippen molar-refractivity contribution in [2.75, 3.05) is 7.05 Å². The molecule has 1 saturated carbocycles. The van der Waals surface area contributed by atoms with Gasteiger partial charge < -0.3 is 9.88 Å². The Labute approximate surface area is 126 Å². The average Bonchev–Trinajstić information content (AvgIpc) is 2.68. The fourth-order valence-corrected chi connectivity index (χ4v) is 5.01. The predicted molar refractivity (Wildman–Crippen MR) is 83.1 cm³/mol. The molecule has 0 amide bonds. The van der Waals surface area contributed by atoms with E-state index in [1.807, 2.05) is 11.8 Å². The van der Waals surface area contributed by atoms with Gasteiger partial charge in [0.1, 0.15) is 5.82 Å². The third-order valence-electron chi connectivity index (χ3n) is 4.76. The topological polar surface area (TPSA) is 42.7 Å². The van der Waals surface area contributed by atoms with Gasteiger partial charge in [0.05, 0.1) is 0 Å². The molecule has 1 aliphatic heterocycles. The Kier molecular flexibility index (Phi) is 4.66. The predicted octanol–water partition coefficient (Wildman–Crippen LogP) is 2.87. The number of nitrogens with one attached hydrogen (secondary N) is 1. The minimum absolute atomic E-state index is 0.620. The van der Waals surface area contributed by atoms with Gasteiger partial charge in [-0.2, -0.15) is 0 Å². The van der Waals surface area contributed by atoms with Crippen molar-refractivity contribution >= 4 is 11.8 Å². The quantitative estimate of drug-likeness (QED) is 0.931. The van der Waals surface area contributed by atoms with Gasteiger partial charge in [-0.15, -0.1) is 10.2 Å². The maximum Gasteiger partial charge on any atom is 0.191 e. The first kappa shape index (κ1) is 14.4. The molecule has 3 rings (SSSR count). The highest BCUT2D eigenvalue weighted by Gasteiger charge is 2.30. The van der Waals surface area contributed by atoms with Gasteiger partial charge in [-0.05, 0) is 45.1 Å².